The molecular weight excluding hydrogens is 196 g/mol. The fourth-order valence-electron chi connectivity index (χ4n) is 3.03. The molecule has 2 aliphatic carbocycles. The van der Waals surface area contributed by atoms with E-state index in [2.05, 4.69) is 32.9 Å². The number of hydrogen-bond acceptors (Lipinski definition) is 1. The second-order valence-electron chi connectivity index (χ2n) is 5.76. The lowest BCUT2D eigenvalue weighted by Crippen LogP contribution is -2.00. The highest BCUT2D eigenvalue weighted by molar-refractivity contribution is 5.66. The van der Waals surface area contributed by atoms with Gasteiger partial charge >= 0.3 is 0 Å². The smallest absolute Gasteiger partial charge is 0.126 e. The number of carbonyl (C=O) groups excluding carboxylic acids is 1. The minimum atomic E-state index is -0.0636. The predicted octanol–water partition coefficient (Wildman–Crippen LogP) is 3.90. The first-order chi connectivity index (χ1) is 7.58. The van der Waals surface area contributed by atoms with Gasteiger partial charge in [-0.15, -0.1) is 0 Å². The van der Waals surface area contributed by atoms with Crippen LogP contribution in [0.1, 0.15) is 46.5 Å². The molecule has 2 aliphatic rings. The van der Waals surface area contributed by atoms with Crippen LogP contribution in [-0.4, -0.2) is 6.29 Å². The molecular formula is C15H22O. The van der Waals surface area contributed by atoms with Crippen molar-refractivity contribution in [1.29, 1.82) is 0 Å². The van der Waals surface area contributed by atoms with E-state index in [1.807, 2.05) is 0 Å². The van der Waals surface area contributed by atoms with Gasteiger partial charge in [-0.1, -0.05) is 30.2 Å². The van der Waals surface area contributed by atoms with Gasteiger partial charge in [0.15, 0.2) is 0 Å². The van der Waals surface area contributed by atoms with Crippen LogP contribution in [0.5, 0.6) is 0 Å². The van der Waals surface area contributed by atoms with Crippen molar-refractivity contribution < 1.29 is 4.79 Å². The van der Waals surface area contributed by atoms with Gasteiger partial charge in [0.2, 0.25) is 0 Å². The minimum absolute atomic E-state index is 0.0636. The minimum Gasteiger partial charge on any atom is -0.303 e. The Bertz CT molecular complexity index is 350. The quantitative estimate of drug-likeness (QED) is 0.482. The van der Waals surface area contributed by atoms with Crippen molar-refractivity contribution in [1.82, 2.24) is 0 Å². The molecule has 0 bridgehead atoms. The molecule has 1 saturated carbocycles. The summed E-state index contributed by atoms with van der Waals surface area (Å²) in [5.74, 6) is 1.09. The Morgan fingerprint density at radius 2 is 2.06 bits per heavy atom. The summed E-state index contributed by atoms with van der Waals surface area (Å²) in [6, 6.07) is 0. The van der Waals surface area contributed by atoms with E-state index in [0.29, 0.717) is 11.8 Å². The maximum Gasteiger partial charge on any atom is 0.126 e. The highest BCUT2D eigenvalue weighted by Crippen LogP contribution is 2.60. The maximum absolute atomic E-state index is 11.2. The molecule has 0 heterocycles. The van der Waals surface area contributed by atoms with Crippen LogP contribution < -0.4 is 0 Å². The molecule has 0 aromatic carbocycles. The summed E-state index contributed by atoms with van der Waals surface area (Å²) in [5, 5.41) is 0. The first-order valence-electron chi connectivity index (χ1n) is 6.37. The van der Waals surface area contributed by atoms with E-state index >= 15 is 0 Å². The molecule has 3 atom stereocenters. The van der Waals surface area contributed by atoms with Gasteiger partial charge in [-0.3, -0.25) is 0 Å². The van der Waals surface area contributed by atoms with Crippen LogP contribution >= 0.6 is 0 Å². The number of fused-ring (bicyclic) bond motifs is 1. The Hall–Kier alpha value is -0.850. The average Bonchev–Trinajstić information content (AvgIpc) is 2.81. The Balaban J connectivity index is 2.18. The van der Waals surface area contributed by atoms with Crippen molar-refractivity contribution in [3.63, 3.8) is 0 Å². The molecule has 0 aromatic heterocycles. The zero-order chi connectivity index (χ0) is 11.8. The van der Waals surface area contributed by atoms with Crippen LogP contribution in [0.3, 0.4) is 0 Å². The number of allylic oxidation sites excluding steroid dienone is 4. The molecule has 0 radical (unpaired) electrons. The van der Waals surface area contributed by atoms with Crippen LogP contribution in [0, 0.1) is 17.3 Å². The molecule has 3 unspecified atom stereocenters. The second kappa shape index (κ2) is 4.20. The molecule has 16 heavy (non-hydrogen) atoms. The number of aldehydes is 1. The van der Waals surface area contributed by atoms with Crippen LogP contribution in [0.15, 0.2) is 23.3 Å². The lowest BCUT2D eigenvalue weighted by molar-refractivity contribution is -0.112. The number of hydrogen-bond donors (Lipinski definition) is 0. The zero-order valence-electron chi connectivity index (χ0n) is 10.6. The molecule has 2 rings (SSSR count). The summed E-state index contributed by atoms with van der Waals surface area (Å²) < 4.78 is 0. The van der Waals surface area contributed by atoms with Gasteiger partial charge in [-0.2, -0.15) is 0 Å². The topological polar surface area (TPSA) is 17.1 Å². The lowest BCUT2D eigenvalue weighted by Gasteiger charge is -2.05. The van der Waals surface area contributed by atoms with Gasteiger partial charge in [0.05, 0.1) is 0 Å². The van der Waals surface area contributed by atoms with E-state index in [9.17, 15) is 4.79 Å². The molecule has 0 N–H and O–H groups in total. The summed E-state index contributed by atoms with van der Waals surface area (Å²) in [5.41, 5.74) is 2.88. The van der Waals surface area contributed by atoms with Crippen LogP contribution in [0.25, 0.3) is 0 Å². The van der Waals surface area contributed by atoms with Crippen molar-refractivity contribution >= 4 is 6.29 Å². The van der Waals surface area contributed by atoms with Crippen LogP contribution in [-0.2, 0) is 4.79 Å². The van der Waals surface area contributed by atoms with Crippen LogP contribution in [0.4, 0.5) is 0 Å². The third-order valence-corrected chi connectivity index (χ3v) is 4.44. The average molecular weight is 218 g/mol. The third-order valence-electron chi connectivity index (χ3n) is 4.44. The second-order valence-corrected chi connectivity index (χ2v) is 5.76. The lowest BCUT2D eigenvalue weighted by atomic mass is 10.0. The standard InChI is InChI=1S/C15H22O/c1-11-5-4-6-12(2)9-14-13(8-7-11)15(14,3)10-16/h5,9-10,13-14H,4,6-8H2,1-3H3. The van der Waals surface area contributed by atoms with Gasteiger partial charge in [0.25, 0.3) is 0 Å². The molecule has 1 fully saturated rings. The van der Waals surface area contributed by atoms with E-state index < -0.39 is 0 Å². The SMILES string of the molecule is CC1=CC2C(CCC(C)=CCC1)C2(C)C=O. The van der Waals surface area contributed by atoms with E-state index in [4.69, 9.17) is 0 Å². The Labute approximate surface area is 98.6 Å². The number of rotatable bonds is 1. The first-order valence-corrected chi connectivity index (χ1v) is 6.37. The first kappa shape index (κ1) is 11.6. The molecule has 0 saturated heterocycles. The van der Waals surface area contributed by atoms with Gasteiger partial charge in [-0.25, -0.2) is 0 Å². The molecule has 88 valence electrons. The van der Waals surface area contributed by atoms with Crippen molar-refractivity contribution in [2.24, 2.45) is 17.3 Å². The number of carbonyl (C=O) groups is 1. The normalized spacial score (nSPS) is 39.2. The van der Waals surface area contributed by atoms with Crippen molar-refractivity contribution in [2.45, 2.75) is 46.5 Å². The monoisotopic (exact) mass is 218 g/mol. The van der Waals surface area contributed by atoms with E-state index in [0.717, 1.165) is 19.3 Å². The van der Waals surface area contributed by atoms with E-state index in [-0.39, 0.29) is 5.41 Å². The van der Waals surface area contributed by atoms with Crippen molar-refractivity contribution in [3.8, 4) is 0 Å². The third kappa shape index (κ3) is 2.00. The Morgan fingerprint density at radius 3 is 2.75 bits per heavy atom. The summed E-state index contributed by atoms with van der Waals surface area (Å²) in [6.45, 7) is 6.54. The Kier molecular flexibility index (Phi) is 3.05. The molecule has 0 amide bonds. The van der Waals surface area contributed by atoms with Gasteiger partial charge in [0.1, 0.15) is 6.29 Å². The maximum atomic E-state index is 11.2. The van der Waals surface area contributed by atoms with E-state index in [1.54, 1.807) is 0 Å². The molecule has 1 heteroatoms. The highest BCUT2D eigenvalue weighted by Gasteiger charge is 2.59. The fraction of sp³-hybridized carbons (Fsp3) is 0.667. The van der Waals surface area contributed by atoms with E-state index in [1.165, 1.54) is 23.9 Å². The summed E-state index contributed by atoms with van der Waals surface area (Å²) in [4.78, 5) is 11.2. The van der Waals surface area contributed by atoms with Gasteiger partial charge in [0, 0.05) is 5.41 Å². The highest BCUT2D eigenvalue weighted by atomic mass is 16.1. The van der Waals surface area contributed by atoms with Crippen LogP contribution in [0.2, 0.25) is 0 Å². The summed E-state index contributed by atoms with van der Waals surface area (Å²) in [7, 11) is 0. The summed E-state index contributed by atoms with van der Waals surface area (Å²) in [6.07, 6.45) is 10.5. The molecule has 1 nitrogen and oxygen atoms in total. The summed E-state index contributed by atoms with van der Waals surface area (Å²) >= 11 is 0. The largest absolute Gasteiger partial charge is 0.303 e. The fourth-order valence-corrected chi connectivity index (χ4v) is 3.03. The Morgan fingerprint density at radius 1 is 1.31 bits per heavy atom. The molecule has 0 aromatic rings. The molecule has 0 spiro atoms. The zero-order valence-corrected chi connectivity index (χ0v) is 10.6. The van der Waals surface area contributed by atoms with Crippen molar-refractivity contribution in [2.75, 3.05) is 0 Å². The van der Waals surface area contributed by atoms with Gasteiger partial charge < -0.3 is 4.79 Å². The van der Waals surface area contributed by atoms with Crippen molar-refractivity contribution in [3.05, 3.63) is 23.3 Å². The predicted molar refractivity (Wildman–Crippen MR) is 67.1 cm³/mol. The molecule has 0 aliphatic heterocycles. The van der Waals surface area contributed by atoms with Gasteiger partial charge in [-0.05, 0) is 51.4 Å².